The number of ether oxygens (including phenoxy) is 1. The fourth-order valence-corrected chi connectivity index (χ4v) is 4.94. The van der Waals surface area contributed by atoms with Crippen molar-refractivity contribution in [3.05, 3.63) is 41.4 Å². The molecule has 0 aliphatic heterocycles. The fraction of sp³-hybridized carbons (Fsp3) is 0.571. The lowest BCUT2D eigenvalue weighted by Crippen LogP contribution is -2.28. The Hall–Kier alpha value is -1.25. The number of hydrogen-bond donors (Lipinski definition) is 4. The zero-order valence-electron chi connectivity index (χ0n) is 16.2. The van der Waals surface area contributed by atoms with Crippen molar-refractivity contribution in [1.29, 1.82) is 0 Å². The third-order valence-corrected chi connectivity index (χ3v) is 6.70. The number of rotatable bonds is 12. The second-order valence-electron chi connectivity index (χ2n) is 7.25. The molecular formula is C21H29ClO6S. The van der Waals surface area contributed by atoms with Crippen molar-refractivity contribution in [3.63, 3.8) is 0 Å². The van der Waals surface area contributed by atoms with Crippen LogP contribution in [-0.4, -0.2) is 62.3 Å². The average Bonchev–Trinajstić information content (AvgIpc) is 2.93. The van der Waals surface area contributed by atoms with Crippen LogP contribution in [0.3, 0.4) is 0 Å². The van der Waals surface area contributed by atoms with E-state index in [1.807, 2.05) is 12.2 Å². The van der Waals surface area contributed by atoms with Crippen LogP contribution in [0.2, 0.25) is 5.02 Å². The number of aliphatic hydroxyl groups is 3. The minimum absolute atomic E-state index is 0.105. The van der Waals surface area contributed by atoms with Gasteiger partial charge < -0.3 is 25.2 Å². The Bertz CT molecular complexity index is 670. The molecule has 5 atom stereocenters. The smallest absolute Gasteiger partial charge is 0.303 e. The average molecular weight is 445 g/mol. The lowest BCUT2D eigenvalue weighted by atomic mass is 10.0. The first kappa shape index (κ1) is 24.0. The first-order chi connectivity index (χ1) is 13.9. The van der Waals surface area contributed by atoms with Gasteiger partial charge in [0.15, 0.2) is 0 Å². The van der Waals surface area contributed by atoms with Gasteiger partial charge in [-0.3, -0.25) is 4.79 Å². The second-order valence-corrected chi connectivity index (χ2v) is 8.89. The highest BCUT2D eigenvalue weighted by Crippen LogP contribution is 2.38. The van der Waals surface area contributed by atoms with Gasteiger partial charge in [0.2, 0.25) is 0 Å². The minimum atomic E-state index is -0.804. The first-order valence-corrected chi connectivity index (χ1v) is 11.2. The van der Waals surface area contributed by atoms with Gasteiger partial charge in [-0.05, 0) is 37.5 Å². The number of aliphatic hydroxyl groups excluding tert-OH is 3. The summed E-state index contributed by atoms with van der Waals surface area (Å²) in [5, 5.41) is 39.8. The highest BCUT2D eigenvalue weighted by Gasteiger charge is 2.41. The quantitative estimate of drug-likeness (QED) is 0.290. The molecular weight excluding hydrogens is 416 g/mol. The summed E-state index contributed by atoms with van der Waals surface area (Å²) in [6.45, 7) is 0.118. The normalized spacial score (nSPS) is 25.4. The molecule has 4 N–H and O–H groups in total. The van der Waals surface area contributed by atoms with Gasteiger partial charge in [0.1, 0.15) is 12.4 Å². The van der Waals surface area contributed by atoms with E-state index in [1.54, 1.807) is 24.3 Å². The third kappa shape index (κ3) is 8.56. The van der Waals surface area contributed by atoms with Crippen LogP contribution in [-0.2, 0) is 4.79 Å². The van der Waals surface area contributed by atoms with Gasteiger partial charge in [0.05, 0.1) is 18.3 Å². The van der Waals surface area contributed by atoms with E-state index in [1.165, 1.54) is 11.8 Å². The highest BCUT2D eigenvalue weighted by atomic mass is 35.5. The van der Waals surface area contributed by atoms with Crippen LogP contribution >= 0.6 is 23.4 Å². The van der Waals surface area contributed by atoms with E-state index < -0.39 is 24.3 Å². The molecule has 2 rings (SSSR count). The monoisotopic (exact) mass is 444 g/mol. The molecule has 0 heterocycles. The Morgan fingerprint density at radius 3 is 2.83 bits per heavy atom. The molecule has 1 saturated carbocycles. The van der Waals surface area contributed by atoms with E-state index in [4.69, 9.17) is 21.4 Å². The van der Waals surface area contributed by atoms with E-state index in [0.717, 1.165) is 0 Å². The molecule has 0 bridgehead atoms. The molecule has 0 saturated heterocycles. The summed E-state index contributed by atoms with van der Waals surface area (Å²) in [5.74, 6) is 0.0612. The Balaban J connectivity index is 1.75. The van der Waals surface area contributed by atoms with Crippen molar-refractivity contribution in [2.75, 3.05) is 12.4 Å². The van der Waals surface area contributed by atoms with Crippen molar-refractivity contribution in [2.45, 2.75) is 55.7 Å². The number of carbonyl (C=O) groups is 1. The number of benzene rings is 1. The minimum Gasteiger partial charge on any atom is -0.491 e. The molecule has 1 aromatic carbocycles. The van der Waals surface area contributed by atoms with E-state index in [-0.39, 0.29) is 24.2 Å². The summed E-state index contributed by atoms with van der Waals surface area (Å²) < 4.78 is 5.55. The second kappa shape index (κ2) is 12.4. The van der Waals surface area contributed by atoms with Crippen LogP contribution in [0.4, 0.5) is 0 Å². The maximum atomic E-state index is 10.5. The standard InChI is InChI=1S/C21H29ClO6S/c22-14-6-5-7-16(10-14)28-12-15(23)13-29-21-17(18(24)11-19(21)25)8-3-1-2-4-9-20(26)27/h1,3,5-7,10,15,17-19,21,23-25H,2,4,8-9,11-13H2,(H,26,27)/b3-1-/t15-,17-,18-,19+,21?/m0/s1. The number of aliphatic carboxylic acids is 1. The van der Waals surface area contributed by atoms with Gasteiger partial charge in [-0.15, -0.1) is 0 Å². The largest absolute Gasteiger partial charge is 0.491 e. The van der Waals surface area contributed by atoms with Crippen molar-refractivity contribution in [2.24, 2.45) is 5.92 Å². The zero-order chi connectivity index (χ0) is 21.2. The van der Waals surface area contributed by atoms with Crippen LogP contribution in [0.15, 0.2) is 36.4 Å². The summed E-state index contributed by atoms with van der Waals surface area (Å²) in [7, 11) is 0. The molecule has 1 unspecified atom stereocenters. The molecule has 8 heteroatoms. The number of carboxylic acids is 1. The number of carboxylic acid groups (broad SMARTS) is 1. The van der Waals surface area contributed by atoms with E-state index in [9.17, 15) is 20.1 Å². The van der Waals surface area contributed by atoms with Crippen LogP contribution in [0.25, 0.3) is 0 Å². The maximum absolute atomic E-state index is 10.5. The molecule has 0 amide bonds. The van der Waals surface area contributed by atoms with Gasteiger partial charge in [-0.25, -0.2) is 0 Å². The maximum Gasteiger partial charge on any atom is 0.303 e. The summed E-state index contributed by atoms with van der Waals surface area (Å²) >= 11 is 7.35. The lowest BCUT2D eigenvalue weighted by Gasteiger charge is -2.23. The molecule has 0 spiro atoms. The predicted octanol–water partition coefficient (Wildman–Crippen LogP) is 3.12. The molecule has 29 heavy (non-hydrogen) atoms. The predicted molar refractivity (Wildman–Crippen MR) is 115 cm³/mol. The molecule has 0 radical (unpaired) electrons. The molecule has 6 nitrogen and oxygen atoms in total. The summed E-state index contributed by atoms with van der Waals surface area (Å²) in [6, 6.07) is 6.96. The molecule has 1 aliphatic carbocycles. The first-order valence-electron chi connectivity index (χ1n) is 9.77. The number of halogens is 1. The summed E-state index contributed by atoms with van der Waals surface area (Å²) in [4.78, 5) is 10.5. The van der Waals surface area contributed by atoms with Crippen LogP contribution in [0.5, 0.6) is 5.75 Å². The van der Waals surface area contributed by atoms with Crippen molar-refractivity contribution < 1.29 is 30.0 Å². The number of hydrogen-bond acceptors (Lipinski definition) is 6. The summed E-state index contributed by atoms with van der Waals surface area (Å²) in [6.07, 6.45) is 4.28. The number of unbranched alkanes of at least 4 members (excludes halogenated alkanes) is 1. The number of allylic oxidation sites excluding steroid dienone is 2. The van der Waals surface area contributed by atoms with Crippen LogP contribution < -0.4 is 4.74 Å². The van der Waals surface area contributed by atoms with Crippen molar-refractivity contribution >= 4 is 29.3 Å². The van der Waals surface area contributed by atoms with E-state index >= 15 is 0 Å². The topological polar surface area (TPSA) is 107 Å². The van der Waals surface area contributed by atoms with E-state index in [2.05, 4.69) is 0 Å². The number of thioether (sulfide) groups is 1. The van der Waals surface area contributed by atoms with Gasteiger partial charge in [0.25, 0.3) is 0 Å². The Morgan fingerprint density at radius 1 is 1.31 bits per heavy atom. The van der Waals surface area contributed by atoms with Gasteiger partial charge >= 0.3 is 5.97 Å². The van der Waals surface area contributed by atoms with Crippen molar-refractivity contribution in [3.8, 4) is 5.75 Å². The molecule has 162 valence electrons. The fourth-order valence-electron chi connectivity index (χ4n) is 3.35. The van der Waals surface area contributed by atoms with Gasteiger partial charge in [-0.1, -0.05) is 29.8 Å². The van der Waals surface area contributed by atoms with E-state index in [0.29, 0.717) is 42.2 Å². The molecule has 1 aliphatic rings. The van der Waals surface area contributed by atoms with Gasteiger partial charge in [0, 0.05) is 34.8 Å². The van der Waals surface area contributed by atoms with Crippen molar-refractivity contribution in [1.82, 2.24) is 0 Å². The lowest BCUT2D eigenvalue weighted by molar-refractivity contribution is -0.137. The van der Waals surface area contributed by atoms with Crippen LogP contribution in [0.1, 0.15) is 32.1 Å². The Labute approximate surface area is 180 Å². The van der Waals surface area contributed by atoms with Crippen LogP contribution in [0, 0.1) is 5.92 Å². The molecule has 1 fully saturated rings. The Morgan fingerprint density at radius 2 is 2.10 bits per heavy atom. The molecule has 1 aromatic rings. The Kier molecular flexibility index (Phi) is 10.3. The summed E-state index contributed by atoms with van der Waals surface area (Å²) in [5.41, 5.74) is 0. The highest BCUT2D eigenvalue weighted by molar-refractivity contribution is 8.00. The SMILES string of the molecule is O=C(O)CCC/C=C\C[C@@H]1C(SC[C@@H](O)COc2cccc(Cl)c2)[C@H](O)C[C@@H]1O. The molecule has 0 aromatic heterocycles. The van der Waals surface area contributed by atoms with Gasteiger partial charge in [-0.2, -0.15) is 11.8 Å². The zero-order valence-corrected chi connectivity index (χ0v) is 17.8. The third-order valence-electron chi connectivity index (χ3n) is 4.83.